The maximum absolute atomic E-state index is 12.3. The van der Waals surface area contributed by atoms with Crippen molar-refractivity contribution >= 4 is 17.2 Å². The van der Waals surface area contributed by atoms with Gasteiger partial charge in [-0.3, -0.25) is 4.79 Å². The fourth-order valence-corrected chi connectivity index (χ4v) is 5.45. The van der Waals surface area contributed by atoms with E-state index in [0.29, 0.717) is 6.54 Å². The van der Waals surface area contributed by atoms with Crippen molar-refractivity contribution in [1.82, 2.24) is 10.2 Å². The van der Waals surface area contributed by atoms with Gasteiger partial charge in [-0.2, -0.15) is 0 Å². The Morgan fingerprint density at radius 1 is 1.38 bits per heavy atom. The molecular weight excluding hydrogens is 280 g/mol. The van der Waals surface area contributed by atoms with Crippen molar-refractivity contribution in [3.63, 3.8) is 0 Å². The topological polar surface area (TPSA) is 32.3 Å². The molecule has 0 aromatic carbocycles. The number of hydrogen-bond donors (Lipinski definition) is 1. The molecule has 3 nitrogen and oxygen atoms in total. The molecule has 2 heterocycles. The molecule has 3 atom stereocenters. The summed E-state index contributed by atoms with van der Waals surface area (Å²) < 4.78 is 0. The van der Waals surface area contributed by atoms with Gasteiger partial charge in [-0.15, -0.1) is 11.3 Å². The van der Waals surface area contributed by atoms with E-state index in [4.69, 9.17) is 0 Å². The molecule has 114 valence electrons. The Bertz CT molecular complexity index is 527. The summed E-state index contributed by atoms with van der Waals surface area (Å²) in [5.41, 5.74) is 1.35. The van der Waals surface area contributed by atoms with Gasteiger partial charge in [0.05, 0.1) is 6.54 Å². The molecule has 0 spiro atoms. The van der Waals surface area contributed by atoms with Crippen molar-refractivity contribution in [2.75, 3.05) is 19.6 Å². The summed E-state index contributed by atoms with van der Waals surface area (Å²) in [6.07, 6.45) is 6.77. The second kappa shape index (κ2) is 5.73. The van der Waals surface area contributed by atoms with Gasteiger partial charge in [0.25, 0.3) is 0 Å². The molecule has 1 amide bonds. The average Bonchev–Trinajstić information content (AvgIpc) is 3.22. The molecule has 4 heteroatoms. The zero-order chi connectivity index (χ0) is 14.2. The molecule has 2 bridgehead atoms. The quantitative estimate of drug-likeness (QED) is 0.927. The minimum Gasteiger partial charge on any atom is -0.337 e. The fraction of sp³-hybridized carbons (Fsp3) is 0.706. The van der Waals surface area contributed by atoms with Crippen LogP contribution < -0.4 is 5.32 Å². The molecule has 21 heavy (non-hydrogen) atoms. The lowest BCUT2D eigenvalue weighted by molar-refractivity contribution is -0.131. The molecule has 1 aliphatic heterocycles. The van der Waals surface area contributed by atoms with Crippen molar-refractivity contribution in [2.45, 2.75) is 38.6 Å². The van der Waals surface area contributed by atoms with Gasteiger partial charge in [-0.25, -0.2) is 0 Å². The van der Waals surface area contributed by atoms with Crippen LogP contribution in [0.3, 0.4) is 0 Å². The van der Waals surface area contributed by atoms with Crippen LogP contribution in [0, 0.1) is 17.8 Å². The van der Waals surface area contributed by atoms with Crippen LogP contribution in [0.2, 0.25) is 0 Å². The molecule has 2 saturated carbocycles. The zero-order valence-corrected chi connectivity index (χ0v) is 13.3. The second-order valence-corrected chi connectivity index (χ2v) is 8.00. The number of hydrogen-bond acceptors (Lipinski definition) is 3. The normalized spacial score (nSPS) is 30.7. The number of carbonyl (C=O) groups is 1. The molecular formula is C17H24N2OS. The molecule has 3 unspecified atom stereocenters. The Balaban J connectivity index is 1.23. The van der Waals surface area contributed by atoms with E-state index in [1.54, 1.807) is 0 Å². The van der Waals surface area contributed by atoms with Crippen LogP contribution in [-0.4, -0.2) is 30.4 Å². The summed E-state index contributed by atoms with van der Waals surface area (Å²) in [7, 11) is 0. The smallest absolute Gasteiger partial charge is 0.236 e. The van der Waals surface area contributed by atoms with E-state index in [2.05, 4.69) is 16.8 Å². The van der Waals surface area contributed by atoms with Gasteiger partial charge >= 0.3 is 0 Å². The summed E-state index contributed by atoms with van der Waals surface area (Å²) in [6, 6.07) is 2.17. The van der Waals surface area contributed by atoms with Crippen LogP contribution in [0.1, 0.15) is 36.1 Å². The Morgan fingerprint density at radius 2 is 2.33 bits per heavy atom. The van der Waals surface area contributed by atoms with Gasteiger partial charge in [0.15, 0.2) is 0 Å². The summed E-state index contributed by atoms with van der Waals surface area (Å²) in [5.74, 6) is 3.05. The standard InChI is InChI=1S/C17H24N2OS/c20-17(19-5-3-16-14(11-19)4-6-21-16)10-18-9-15-8-12-1-2-13(15)7-12/h4,6,12-13,15,18H,1-3,5,7-11H2. The van der Waals surface area contributed by atoms with Gasteiger partial charge in [-0.1, -0.05) is 6.42 Å². The average molecular weight is 304 g/mol. The van der Waals surface area contributed by atoms with Crippen LogP contribution in [0.5, 0.6) is 0 Å². The number of carbonyl (C=O) groups excluding carboxylic acids is 1. The third-order valence-corrected chi connectivity index (χ3v) is 6.75. The first kappa shape index (κ1) is 13.8. The molecule has 2 aliphatic carbocycles. The first-order valence-electron chi connectivity index (χ1n) is 8.33. The monoisotopic (exact) mass is 304 g/mol. The minimum absolute atomic E-state index is 0.273. The van der Waals surface area contributed by atoms with Gasteiger partial charge in [-0.05, 0) is 67.0 Å². The number of amides is 1. The van der Waals surface area contributed by atoms with Crippen LogP contribution in [-0.2, 0) is 17.8 Å². The van der Waals surface area contributed by atoms with Crippen molar-refractivity contribution in [2.24, 2.45) is 17.8 Å². The summed E-state index contributed by atoms with van der Waals surface area (Å²) in [4.78, 5) is 15.8. The number of fused-ring (bicyclic) bond motifs is 3. The molecule has 0 saturated heterocycles. The molecule has 2 fully saturated rings. The van der Waals surface area contributed by atoms with Crippen molar-refractivity contribution in [3.05, 3.63) is 21.9 Å². The predicted molar refractivity (Wildman–Crippen MR) is 85.2 cm³/mol. The highest BCUT2D eigenvalue weighted by molar-refractivity contribution is 7.10. The van der Waals surface area contributed by atoms with Gasteiger partial charge in [0.1, 0.15) is 0 Å². The number of rotatable bonds is 4. The predicted octanol–water partition coefficient (Wildman–Crippen LogP) is 2.66. The number of nitrogens with one attached hydrogen (secondary N) is 1. The van der Waals surface area contributed by atoms with Crippen LogP contribution in [0.4, 0.5) is 0 Å². The Kier molecular flexibility index (Phi) is 3.76. The van der Waals surface area contributed by atoms with Crippen molar-refractivity contribution in [1.29, 1.82) is 0 Å². The van der Waals surface area contributed by atoms with Gasteiger partial charge in [0, 0.05) is 18.0 Å². The van der Waals surface area contributed by atoms with E-state index >= 15 is 0 Å². The summed E-state index contributed by atoms with van der Waals surface area (Å²) >= 11 is 1.83. The van der Waals surface area contributed by atoms with Crippen molar-refractivity contribution in [3.8, 4) is 0 Å². The first-order valence-corrected chi connectivity index (χ1v) is 9.21. The van der Waals surface area contributed by atoms with E-state index in [9.17, 15) is 4.79 Å². The summed E-state index contributed by atoms with van der Waals surface area (Å²) in [5, 5.41) is 5.58. The highest BCUT2D eigenvalue weighted by Crippen LogP contribution is 2.47. The van der Waals surface area contributed by atoms with E-state index in [1.165, 1.54) is 36.1 Å². The SMILES string of the molecule is O=C(CNCC1CC2CCC1C2)N1CCc2sccc2C1. The maximum atomic E-state index is 12.3. The lowest BCUT2D eigenvalue weighted by atomic mass is 9.89. The Morgan fingerprint density at radius 3 is 3.14 bits per heavy atom. The minimum atomic E-state index is 0.273. The third-order valence-electron chi connectivity index (χ3n) is 5.73. The fourth-order valence-electron chi connectivity index (χ4n) is 4.56. The van der Waals surface area contributed by atoms with Crippen molar-refractivity contribution < 1.29 is 4.79 Å². The third kappa shape index (κ3) is 2.76. The van der Waals surface area contributed by atoms with E-state index in [-0.39, 0.29) is 5.91 Å². The molecule has 4 rings (SSSR count). The zero-order valence-electron chi connectivity index (χ0n) is 12.5. The van der Waals surface area contributed by atoms with Crippen LogP contribution in [0.15, 0.2) is 11.4 Å². The Labute approximate surface area is 130 Å². The highest BCUT2D eigenvalue weighted by Gasteiger charge is 2.39. The van der Waals surface area contributed by atoms with E-state index in [0.717, 1.165) is 43.8 Å². The largest absolute Gasteiger partial charge is 0.337 e. The molecule has 1 aromatic heterocycles. The van der Waals surface area contributed by atoms with E-state index < -0.39 is 0 Å². The number of nitrogens with zero attached hydrogens (tertiary/aromatic N) is 1. The lowest BCUT2D eigenvalue weighted by Gasteiger charge is -2.28. The lowest BCUT2D eigenvalue weighted by Crippen LogP contribution is -2.42. The first-order chi connectivity index (χ1) is 10.3. The molecule has 0 radical (unpaired) electrons. The molecule has 3 aliphatic rings. The molecule has 1 aromatic rings. The van der Waals surface area contributed by atoms with Gasteiger partial charge < -0.3 is 10.2 Å². The van der Waals surface area contributed by atoms with Crippen LogP contribution >= 0.6 is 11.3 Å². The highest BCUT2D eigenvalue weighted by atomic mass is 32.1. The number of thiophene rings is 1. The second-order valence-electron chi connectivity index (χ2n) is 7.00. The Hall–Kier alpha value is -0.870. The van der Waals surface area contributed by atoms with E-state index in [1.807, 2.05) is 16.2 Å². The maximum Gasteiger partial charge on any atom is 0.236 e. The molecule has 1 N–H and O–H groups in total. The van der Waals surface area contributed by atoms with Crippen LogP contribution in [0.25, 0.3) is 0 Å². The summed E-state index contributed by atoms with van der Waals surface area (Å²) in [6.45, 7) is 3.27. The van der Waals surface area contributed by atoms with Gasteiger partial charge in [0.2, 0.25) is 5.91 Å².